The van der Waals surface area contributed by atoms with Gasteiger partial charge in [0.15, 0.2) is 5.16 Å². The molecule has 0 radical (unpaired) electrons. The lowest BCUT2D eigenvalue weighted by Crippen LogP contribution is -2.07. The van der Waals surface area contributed by atoms with Gasteiger partial charge in [-0.1, -0.05) is 24.6 Å². The normalized spacial score (nSPS) is 16.5. The van der Waals surface area contributed by atoms with Crippen LogP contribution >= 0.6 is 11.8 Å². The zero-order valence-corrected chi connectivity index (χ0v) is 12.6. The maximum Gasteiger partial charge on any atom is 0.196 e. The first-order chi connectivity index (χ1) is 9.75. The summed E-state index contributed by atoms with van der Waals surface area (Å²) in [6, 6.07) is 8.32. The first kappa shape index (κ1) is 13.6. The van der Waals surface area contributed by atoms with E-state index in [2.05, 4.69) is 26.9 Å². The maximum absolute atomic E-state index is 6.05. The molecule has 0 spiro atoms. The van der Waals surface area contributed by atoms with Crippen molar-refractivity contribution >= 4 is 11.8 Å². The molecule has 5 heteroatoms. The minimum Gasteiger partial charge on any atom is -0.324 e. The average molecular weight is 288 g/mol. The summed E-state index contributed by atoms with van der Waals surface area (Å²) in [6.45, 7) is 3.05. The van der Waals surface area contributed by atoms with Gasteiger partial charge in [-0.3, -0.25) is 0 Å². The van der Waals surface area contributed by atoms with Crippen molar-refractivity contribution < 1.29 is 0 Å². The molecule has 106 valence electrons. The Hall–Kier alpha value is -1.33. The molecule has 0 amide bonds. The van der Waals surface area contributed by atoms with Crippen LogP contribution in [0.2, 0.25) is 0 Å². The summed E-state index contributed by atoms with van der Waals surface area (Å²) in [5, 5.41) is 9.71. The third-order valence-corrected chi connectivity index (χ3v) is 4.76. The molecule has 2 heterocycles. The first-order valence-electron chi connectivity index (χ1n) is 7.20. The number of nitrogens with zero attached hydrogens (tertiary/aromatic N) is 3. The molecule has 0 aliphatic carbocycles. The zero-order chi connectivity index (χ0) is 13.9. The largest absolute Gasteiger partial charge is 0.324 e. The van der Waals surface area contributed by atoms with Gasteiger partial charge in [0.05, 0.1) is 0 Å². The molecule has 0 saturated carbocycles. The third-order valence-electron chi connectivity index (χ3n) is 3.69. The highest BCUT2D eigenvalue weighted by Gasteiger charge is 2.17. The Kier molecular flexibility index (Phi) is 4.08. The number of hydrogen-bond acceptors (Lipinski definition) is 4. The van der Waals surface area contributed by atoms with Crippen LogP contribution in [-0.2, 0) is 13.0 Å². The van der Waals surface area contributed by atoms with Gasteiger partial charge in [-0.2, -0.15) is 0 Å². The number of aryl methyl sites for hydroxylation is 1. The van der Waals surface area contributed by atoms with Crippen molar-refractivity contribution in [2.45, 2.75) is 55.2 Å². The van der Waals surface area contributed by atoms with E-state index in [1.54, 1.807) is 11.8 Å². The predicted octanol–water partition coefficient (Wildman–Crippen LogP) is 3.18. The van der Waals surface area contributed by atoms with Crippen LogP contribution in [-0.4, -0.2) is 14.8 Å². The fourth-order valence-electron chi connectivity index (χ4n) is 2.58. The zero-order valence-electron chi connectivity index (χ0n) is 11.7. The van der Waals surface area contributed by atoms with Gasteiger partial charge in [-0.05, 0) is 43.2 Å². The molecule has 1 unspecified atom stereocenters. The van der Waals surface area contributed by atoms with Crippen molar-refractivity contribution in [3.63, 3.8) is 0 Å². The lowest BCUT2D eigenvalue weighted by Gasteiger charge is -2.12. The lowest BCUT2D eigenvalue weighted by molar-refractivity contribution is 0.591. The van der Waals surface area contributed by atoms with Crippen LogP contribution in [0.4, 0.5) is 0 Å². The molecule has 4 nitrogen and oxygen atoms in total. The summed E-state index contributed by atoms with van der Waals surface area (Å²) in [5.41, 5.74) is 7.22. The van der Waals surface area contributed by atoms with Gasteiger partial charge in [0.25, 0.3) is 0 Å². The fourth-order valence-corrected chi connectivity index (χ4v) is 3.69. The number of aromatic nitrogens is 3. The van der Waals surface area contributed by atoms with E-state index in [-0.39, 0.29) is 6.04 Å². The van der Waals surface area contributed by atoms with E-state index in [1.165, 1.54) is 29.7 Å². The van der Waals surface area contributed by atoms with Crippen LogP contribution in [0.5, 0.6) is 0 Å². The Morgan fingerprint density at radius 2 is 2.05 bits per heavy atom. The number of hydrogen-bond donors (Lipinski definition) is 1. The van der Waals surface area contributed by atoms with Gasteiger partial charge in [0.1, 0.15) is 5.82 Å². The molecular formula is C15H20N4S. The topological polar surface area (TPSA) is 56.7 Å². The van der Waals surface area contributed by atoms with E-state index >= 15 is 0 Å². The number of fused-ring (bicyclic) bond motifs is 1. The highest BCUT2D eigenvalue weighted by atomic mass is 32.2. The molecule has 0 saturated heterocycles. The van der Waals surface area contributed by atoms with E-state index in [1.807, 2.05) is 19.1 Å². The summed E-state index contributed by atoms with van der Waals surface area (Å²) in [4.78, 5) is 1.18. The van der Waals surface area contributed by atoms with Gasteiger partial charge in [-0.15, -0.1) is 10.2 Å². The quantitative estimate of drug-likeness (QED) is 0.942. The van der Waals surface area contributed by atoms with Gasteiger partial charge in [0.2, 0.25) is 0 Å². The third kappa shape index (κ3) is 2.74. The standard InChI is InChI=1S/C15H20N4S/c1-11(16)12-7-4-5-8-13(12)20-15-18-17-14-9-3-2-6-10-19(14)15/h4-5,7-8,11H,2-3,6,9-10,16H2,1H3. The highest BCUT2D eigenvalue weighted by Crippen LogP contribution is 2.32. The molecule has 0 bridgehead atoms. The SMILES string of the molecule is CC(N)c1ccccc1Sc1nnc2n1CCCCC2. The predicted molar refractivity (Wildman–Crippen MR) is 80.7 cm³/mol. The molecule has 2 N–H and O–H groups in total. The monoisotopic (exact) mass is 288 g/mol. The average Bonchev–Trinajstić information content (AvgIpc) is 2.68. The van der Waals surface area contributed by atoms with Crippen LogP contribution in [0, 0.1) is 0 Å². The number of nitrogens with two attached hydrogens (primary N) is 1. The van der Waals surface area contributed by atoms with E-state index in [0.29, 0.717) is 0 Å². The molecule has 3 rings (SSSR count). The summed E-state index contributed by atoms with van der Waals surface area (Å²) in [6.07, 6.45) is 4.76. The molecule has 1 atom stereocenters. The molecule has 1 aromatic heterocycles. The highest BCUT2D eigenvalue weighted by molar-refractivity contribution is 7.99. The van der Waals surface area contributed by atoms with Crippen LogP contribution in [0.25, 0.3) is 0 Å². The van der Waals surface area contributed by atoms with E-state index < -0.39 is 0 Å². The lowest BCUT2D eigenvalue weighted by atomic mass is 10.1. The van der Waals surface area contributed by atoms with Crippen LogP contribution in [0.15, 0.2) is 34.3 Å². The fraction of sp³-hybridized carbons (Fsp3) is 0.467. The van der Waals surface area contributed by atoms with E-state index in [0.717, 1.165) is 23.9 Å². The van der Waals surface area contributed by atoms with E-state index in [9.17, 15) is 0 Å². The number of benzene rings is 1. The Morgan fingerprint density at radius 1 is 1.20 bits per heavy atom. The smallest absolute Gasteiger partial charge is 0.196 e. The van der Waals surface area contributed by atoms with Crippen LogP contribution < -0.4 is 5.73 Å². The summed E-state index contributed by atoms with van der Waals surface area (Å²) in [7, 11) is 0. The Morgan fingerprint density at radius 3 is 2.90 bits per heavy atom. The Labute approximate surface area is 123 Å². The number of rotatable bonds is 3. The second kappa shape index (κ2) is 5.97. The molecule has 20 heavy (non-hydrogen) atoms. The van der Waals surface area contributed by atoms with Gasteiger partial charge in [0, 0.05) is 23.9 Å². The molecule has 1 aliphatic rings. The second-order valence-corrected chi connectivity index (χ2v) is 6.30. The Balaban J connectivity index is 1.90. The minimum absolute atomic E-state index is 0.0326. The van der Waals surface area contributed by atoms with Gasteiger partial charge >= 0.3 is 0 Å². The summed E-state index contributed by atoms with van der Waals surface area (Å²) < 4.78 is 2.27. The van der Waals surface area contributed by atoms with Gasteiger partial charge < -0.3 is 10.3 Å². The maximum atomic E-state index is 6.05. The summed E-state index contributed by atoms with van der Waals surface area (Å²) >= 11 is 1.68. The Bertz CT molecular complexity index is 591. The van der Waals surface area contributed by atoms with Crippen molar-refractivity contribution in [3.05, 3.63) is 35.7 Å². The van der Waals surface area contributed by atoms with Crippen LogP contribution in [0.1, 0.15) is 43.6 Å². The van der Waals surface area contributed by atoms with E-state index in [4.69, 9.17) is 5.73 Å². The van der Waals surface area contributed by atoms with Crippen molar-refractivity contribution in [2.24, 2.45) is 5.73 Å². The molecule has 1 aliphatic heterocycles. The van der Waals surface area contributed by atoms with Crippen LogP contribution in [0.3, 0.4) is 0 Å². The van der Waals surface area contributed by atoms with Crippen molar-refractivity contribution in [3.8, 4) is 0 Å². The van der Waals surface area contributed by atoms with Crippen molar-refractivity contribution in [1.82, 2.24) is 14.8 Å². The van der Waals surface area contributed by atoms with Crippen molar-refractivity contribution in [1.29, 1.82) is 0 Å². The molecule has 2 aromatic rings. The minimum atomic E-state index is 0.0326. The second-order valence-electron chi connectivity index (χ2n) is 5.29. The summed E-state index contributed by atoms with van der Waals surface area (Å²) in [5.74, 6) is 1.13. The first-order valence-corrected chi connectivity index (χ1v) is 8.02. The van der Waals surface area contributed by atoms with Crippen molar-refractivity contribution in [2.75, 3.05) is 0 Å². The van der Waals surface area contributed by atoms with Gasteiger partial charge in [-0.25, -0.2) is 0 Å². The molecular weight excluding hydrogens is 268 g/mol. The molecule has 1 aromatic carbocycles. The molecule has 0 fully saturated rings.